The Balaban J connectivity index is 2.83. The maximum atomic E-state index is 11.8. The number of carboxylic acid groups (broad SMARTS) is 1. The lowest BCUT2D eigenvalue weighted by atomic mass is 10.1. The molecule has 1 aromatic rings. The van der Waals surface area contributed by atoms with Crippen LogP contribution in [-0.4, -0.2) is 39.8 Å². The van der Waals surface area contributed by atoms with Crippen LogP contribution in [0.5, 0.6) is 5.75 Å². The van der Waals surface area contributed by atoms with E-state index in [1.807, 2.05) is 0 Å². The Hall–Kier alpha value is -2.08. The first-order chi connectivity index (χ1) is 8.45. The number of aliphatic carboxylic acids is 1. The number of amides is 1. The maximum absolute atomic E-state index is 11.8. The van der Waals surface area contributed by atoms with Crippen LogP contribution >= 0.6 is 0 Å². The first-order valence-electron chi connectivity index (χ1n) is 5.40. The van der Waals surface area contributed by atoms with Crippen LogP contribution in [0.25, 0.3) is 0 Å². The number of phenolic OH excluding ortho intramolecular Hbond substituents is 1. The third kappa shape index (κ3) is 3.46. The van der Waals surface area contributed by atoms with Gasteiger partial charge in [0.25, 0.3) is 5.91 Å². The fourth-order valence-electron chi connectivity index (χ4n) is 1.53. The Morgan fingerprint density at radius 2 is 2.06 bits per heavy atom. The Labute approximate surface area is 104 Å². The smallest absolute Gasteiger partial charge is 0.326 e. The second-order valence-electron chi connectivity index (χ2n) is 3.88. The second kappa shape index (κ2) is 6.02. The van der Waals surface area contributed by atoms with Crippen LogP contribution in [0.2, 0.25) is 0 Å². The predicted molar refractivity (Wildman–Crippen MR) is 63.4 cm³/mol. The number of aliphatic hydroxyl groups excluding tert-OH is 1. The molecule has 1 atom stereocenters. The van der Waals surface area contributed by atoms with Crippen molar-refractivity contribution in [2.24, 2.45) is 0 Å². The van der Waals surface area contributed by atoms with E-state index in [-0.39, 0.29) is 24.3 Å². The molecule has 0 saturated carbocycles. The van der Waals surface area contributed by atoms with Crippen molar-refractivity contribution in [3.8, 4) is 5.75 Å². The molecule has 6 nitrogen and oxygen atoms in total. The highest BCUT2D eigenvalue weighted by Crippen LogP contribution is 2.15. The number of hydrogen-bond donors (Lipinski definition) is 4. The summed E-state index contributed by atoms with van der Waals surface area (Å²) in [5, 5.41) is 29.1. The standard InChI is InChI=1S/C12H15NO5/c1-7-6-8(15)2-3-9(7)11(16)13-10(4-5-14)12(17)18/h2-3,6,10,14-15H,4-5H2,1H3,(H,13,16)(H,17,18)/t10-/m0/s1. The molecule has 1 rings (SSSR count). The predicted octanol–water partition coefficient (Wildman–Crippen LogP) is 0.266. The van der Waals surface area contributed by atoms with E-state index < -0.39 is 17.9 Å². The van der Waals surface area contributed by atoms with Crippen molar-refractivity contribution >= 4 is 11.9 Å². The summed E-state index contributed by atoms with van der Waals surface area (Å²) in [6.45, 7) is 1.31. The number of carbonyl (C=O) groups is 2. The zero-order valence-corrected chi connectivity index (χ0v) is 9.88. The summed E-state index contributed by atoms with van der Waals surface area (Å²) < 4.78 is 0. The molecule has 1 amide bonds. The van der Waals surface area contributed by atoms with Gasteiger partial charge in [0, 0.05) is 18.6 Å². The highest BCUT2D eigenvalue weighted by atomic mass is 16.4. The van der Waals surface area contributed by atoms with Crippen molar-refractivity contribution in [3.05, 3.63) is 29.3 Å². The molecule has 0 radical (unpaired) electrons. The van der Waals surface area contributed by atoms with Crippen molar-refractivity contribution in [1.82, 2.24) is 5.32 Å². The third-order valence-corrected chi connectivity index (χ3v) is 2.48. The van der Waals surface area contributed by atoms with Gasteiger partial charge >= 0.3 is 5.97 Å². The zero-order chi connectivity index (χ0) is 13.7. The maximum Gasteiger partial charge on any atom is 0.326 e. The first-order valence-corrected chi connectivity index (χ1v) is 5.40. The fraction of sp³-hybridized carbons (Fsp3) is 0.333. The van der Waals surface area contributed by atoms with E-state index in [0.717, 1.165) is 0 Å². The second-order valence-corrected chi connectivity index (χ2v) is 3.88. The monoisotopic (exact) mass is 253 g/mol. The van der Waals surface area contributed by atoms with E-state index in [9.17, 15) is 14.7 Å². The Kier molecular flexibility index (Phi) is 4.67. The topological polar surface area (TPSA) is 107 Å². The van der Waals surface area contributed by atoms with Gasteiger partial charge in [0.15, 0.2) is 0 Å². The van der Waals surface area contributed by atoms with E-state index in [4.69, 9.17) is 10.2 Å². The summed E-state index contributed by atoms with van der Waals surface area (Å²) in [5.41, 5.74) is 0.831. The number of benzene rings is 1. The molecular weight excluding hydrogens is 238 g/mol. The minimum Gasteiger partial charge on any atom is -0.508 e. The van der Waals surface area contributed by atoms with Gasteiger partial charge in [-0.3, -0.25) is 4.79 Å². The molecule has 1 aromatic carbocycles. The van der Waals surface area contributed by atoms with Crippen molar-refractivity contribution in [3.63, 3.8) is 0 Å². The van der Waals surface area contributed by atoms with Crippen LogP contribution in [-0.2, 0) is 4.79 Å². The number of rotatable bonds is 5. The molecule has 0 bridgehead atoms. The summed E-state index contributed by atoms with van der Waals surface area (Å²) in [5.74, 6) is -1.71. The van der Waals surface area contributed by atoms with Crippen LogP contribution in [0.1, 0.15) is 22.3 Å². The lowest BCUT2D eigenvalue weighted by Crippen LogP contribution is -2.41. The minimum atomic E-state index is -1.20. The average molecular weight is 253 g/mol. The van der Waals surface area contributed by atoms with Crippen LogP contribution in [0, 0.1) is 6.92 Å². The molecule has 18 heavy (non-hydrogen) atoms. The van der Waals surface area contributed by atoms with Crippen molar-refractivity contribution in [2.45, 2.75) is 19.4 Å². The molecule has 4 N–H and O–H groups in total. The number of hydrogen-bond acceptors (Lipinski definition) is 4. The number of aromatic hydroxyl groups is 1. The van der Waals surface area contributed by atoms with Gasteiger partial charge in [0.05, 0.1) is 0 Å². The van der Waals surface area contributed by atoms with Gasteiger partial charge in [-0.05, 0) is 30.7 Å². The number of phenols is 1. The summed E-state index contributed by atoms with van der Waals surface area (Å²) in [6.07, 6.45) is -0.0573. The number of carbonyl (C=O) groups excluding carboxylic acids is 1. The molecule has 0 fully saturated rings. The van der Waals surface area contributed by atoms with Gasteiger partial charge in [-0.25, -0.2) is 4.79 Å². The van der Waals surface area contributed by atoms with Crippen LogP contribution in [0.15, 0.2) is 18.2 Å². The van der Waals surface area contributed by atoms with Gasteiger partial charge in [0.2, 0.25) is 0 Å². The average Bonchev–Trinajstić information content (AvgIpc) is 2.27. The molecule has 0 spiro atoms. The lowest BCUT2D eigenvalue weighted by molar-refractivity contribution is -0.139. The molecule has 0 aliphatic carbocycles. The van der Waals surface area contributed by atoms with Crippen LogP contribution in [0.4, 0.5) is 0 Å². The minimum absolute atomic E-state index is 0.0363. The molecule has 6 heteroatoms. The largest absolute Gasteiger partial charge is 0.508 e. The molecule has 0 unspecified atom stereocenters. The summed E-state index contributed by atoms with van der Waals surface area (Å²) in [6, 6.07) is 3.05. The number of carboxylic acids is 1. The highest BCUT2D eigenvalue weighted by molar-refractivity contribution is 5.97. The fourth-order valence-corrected chi connectivity index (χ4v) is 1.53. The van der Waals surface area contributed by atoms with Gasteiger partial charge in [-0.15, -0.1) is 0 Å². The molecule has 0 aromatic heterocycles. The van der Waals surface area contributed by atoms with Crippen molar-refractivity contribution in [2.75, 3.05) is 6.61 Å². The molecular formula is C12H15NO5. The van der Waals surface area contributed by atoms with Crippen LogP contribution in [0.3, 0.4) is 0 Å². The Morgan fingerprint density at radius 3 is 2.56 bits per heavy atom. The Bertz CT molecular complexity index is 458. The van der Waals surface area contributed by atoms with E-state index >= 15 is 0 Å². The van der Waals surface area contributed by atoms with Crippen LogP contribution < -0.4 is 5.32 Å². The van der Waals surface area contributed by atoms with Gasteiger partial charge in [0.1, 0.15) is 11.8 Å². The van der Waals surface area contributed by atoms with E-state index in [0.29, 0.717) is 5.56 Å². The molecule has 0 heterocycles. The number of aryl methyl sites for hydroxylation is 1. The van der Waals surface area contributed by atoms with Gasteiger partial charge in [-0.2, -0.15) is 0 Å². The van der Waals surface area contributed by atoms with E-state index in [1.165, 1.54) is 18.2 Å². The first kappa shape index (κ1) is 14.0. The number of aliphatic hydroxyl groups is 1. The van der Waals surface area contributed by atoms with Crippen molar-refractivity contribution in [1.29, 1.82) is 0 Å². The lowest BCUT2D eigenvalue weighted by Gasteiger charge is -2.14. The number of nitrogens with one attached hydrogen (secondary N) is 1. The van der Waals surface area contributed by atoms with Crippen molar-refractivity contribution < 1.29 is 24.9 Å². The normalized spacial score (nSPS) is 11.9. The van der Waals surface area contributed by atoms with Gasteiger partial charge < -0.3 is 20.6 Å². The SMILES string of the molecule is Cc1cc(O)ccc1C(=O)N[C@@H](CCO)C(=O)O. The molecule has 0 saturated heterocycles. The highest BCUT2D eigenvalue weighted by Gasteiger charge is 2.20. The molecule has 0 aliphatic heterocycles. The van der Waals surface area contributed by atoms with E-state index in [2.05, 4.69) is 5.32 Å². The third-order valence-electron chi connectivity index (χ3n) is 2.48. The molecule has 98 valence electrons. The van der Waals surface area contributed by atoms with E-state index in [1.54, 1.807) is 6.92 Å². The zero-order valence-electron chi connectivity index (χ0n) is 9.88. The summed E-state index contributed by atoms with van der Waals surface area (Å²) in [7, 11) is 0. The quantitative estimate of drug-likeness (QED) is 0.602. The summed E-state index contributed by atoms with van der Waals surface area (Å²) >= 11 is 0. The molecule has 0 aliphatic rings. The van der Waals surface area contributed by atoms with Gasteiger partial charge in [-0.1, -0.05) is 0 Å². The Morgan fingerprint density at radius 1 is 1.39 bits per heavy atom. The summed E-state index contributed by atoms with van der Waals surface area (Å²) in [4.78, 5) is 22.7.